The van der Waals surface area contributed by atoms with Crippen molar-refractivity contribution in [3.63, 3.8) is 0 Å². The molecule has 1 aromatic rings. The van der Waals surface area contributed by atoms with Crippen LogP contribution in [0.5, 0.6) is 5.75 Å². The van der Waals surface area contributed by atoms with Crippen LogP contribution in [0.2, 0.25) is 0 Å². The number of aliphatic imine (C=N–C) groups is 1. The second kappa shape index (κ2) is 6.14. The van der Waals surface area contributed by atoms with Crippen LogP contribution in [0.1, 0.15) is 19.4 Å². The fourth-order valence-electron chi connectivity index (χ4n) is 1.76. The lowest BCUT2D eigenvalue weighted by Crippen LogP contribution is -2.41. The van der Waals surface area contributed by atoms with E-state index in [-0.39, 0.29) is 0 Å². The molecule has 2 atom stereocenters. The predicted molar refractivity (Wildman–Crippen MR) is 78.4 cm³/mol. The van der Waals surface area contributed by atoms with Gasteiger partial charge in [-0.3, -0.25) is 4.99 Å². The Morgan fingerprint density at radius 2 is 2.28 bits per heavy atom. The summed E-state index contributed by atoms with van der Waals surface area (Å²) in [7, 11) is 1.69. The molecule has 1 fully saturated rings. The molecule has 0 bridgehead atoms. The number of ether oxygens (including phenoxy) is 1. The highest BCUT2D eigenvalue weighted by Gasteiger charge is 2.20. The summed E-state index contributed by atoms with van der Waals surface area (Å²) in [5.41, 5.74) is 1.18. The van der Waals surface area contributed by atoms with Gasteiger partial charge in [0.15, 0.2) is 5.17 Å². The van der Waals surface area contributed by atoms with Gasteiger partial charge in [0.05, 0.1) is 13.7 Å². The first-order valence-electron chi connectivity index (χ1n) is 6.25. The second-order valence-corrected chi connectivity index (χ2v) is 5.70. The summed E-state index contributed by atoms with van der Waals surface area (Å²) in [6.45, 7) is 5.18. The Morgan fingerprint density at radius 1 is 1.44 bits per heavy atom. The van der Waals surface area contributed by atoms with Crippen LogP contribution in [0.4, 0.5) is 0 Å². The van der Waals surface area contributed by atoms with Crippen molar-refractivity contribution in [3.05, 3.63) is 29.8 Å². The molecule has 2 unspecified atom stereocenters. The molecule has 98 valence electrons. The minimum Gasteiger partial charge on any atom is -0.497 e. The number of benzene rings is 1. The van der Waals surface area contributed by atoms with Crippen molar-refractivity contribution in [1.29, 1.82) is 0 Å². The van der Waals surface area contributed by atoms with Crippen LogP contribution < -0.4 is 10.1 Å². The zero-order valence-corrected chi connectivity index (χ0v) is 12.0. The van der Waals surface area contributed by atoms with E-state index in [0.717, 1.165) is 16.7 Å². The van der Waals surface area contributed by atoms with Crippen molar-refractivity contribution in [3.8, 4) is 5.75 Å². The van der Waals surface area contributed by atoms with Gasteiger partial charge in [-0.05, 0) is 30.5 Å². The standard InChI is InChI=1S/C14H20N2OS/c1-10-9-18-14(16-11(10)2)15-8-12-5-4-6-13(7-12)17-3/h4-7,10-11H,8-9H2,1-3H3,(H,15,16). The summed E-state index contributed by atoms with van der Waals surface area (Å²) < 4.78 is 5.21. The van der Waals surface area contributed by atoms with Crippen LogP contribution in [0.25, 0.3) is 0 Å². The van der Waals surface area contributed by atoms with Gasteiger partial charge in [0.2, 0.25) is 0 Å². The smallest absolute Gasteiger partial charge is 0.157 e. The third-order valence-corrected chi connectivity index (χ3v) is 4.44. The Balaban J connectivity index is 1.97. The van der Waals surface area contributed by atoms with Crippen molar-refractivity contribution in [1.82, 2.24) is 5.32 Å². The number of hydrogen-bond donors (Lipinski definition) is 1. The molecular formula is C14H20N2OS. The topological polar surface area (TPSA) is 33.6 Å². The first kappa shape index (κ1) is 13.3. The molecule has 3 nitrogen and oxygen atoms in total. The van der Waals surface area contributed by atoms with Gasteiger partial charge in [0, 0.05) is 11.8 Å². The minimum atomic E-state index is 0.510. The van der Waals surface area contributed by atoms with Crippen LogP contribution in [0, 0.1) is 5.92 Å². The molecule has 0 saturated carbocycles. The first-order chi connectivity index (χ1) is 8.69. The average molecular weight is 264 g/mol. The fraction of sp³-hybridized carbons (Fsp3) is 0.500. The fourth-order valence-corrected chi connectivity index (χ4v) is 2.89. The zero-order valence-electron chi connectivity index (χ0n) is 11.1. The number of methoxy groups -OCH3 is 1. The third kappa shape index (κ3) is 3.42. The van der Waals surface area contributed by atoms with E-state index in [1.165, 1.54) is 5.56 Å². The molecular weight excluding hydrogens is 244 g/mol. The van der Waals surface area contributed by atoms with Crippen LogP contribution in [0.3, 0.4) is 0 Å². The number of amidine groups is 1. The van der Waals surface area contributed by atoms with Crippen LogP contribution in [0.15, 0.2) is 29.3 Å². The number of hydrogen-bond acceptors (Lipinski definition) is 3. The quantitative estimate of drug-likeness (QED) is 0.911. The van der Waals surface area contributed by atoms with E-state index in [2.05, 4.69) is 30.2 Å². The summed E-state index contributed by atoms with van der Waals surface area (Å²) >= 11 is 1.81. The first-order valence-corrected chi connectivity index (χ1v) is 7.24. The van der Waals surface area contributed by atoms with Crippen molar-refractivity contribution in [2.75, 3.05) is 12.9 Å². The minimum absolute atomic E-state index is 0.510. The SMILES string of the molecule is COc1cccc(CN=C2NC(C)C(C)CS2)c1. The lowest BCUT2D eigenvalue weighted by molar-refractivity contribution is 0.414. The molecule has 1 N–H and O–H groups in total. The van der Waals surface area contributed by atoms with Crippen LogP contribution in [-0.2, 0) is 6.54 Å². The highest BCUT2D eigenvalue weighted by Crippen LogP contribution is 2.20. The summed E-state index contributed by atoms with van der Waals surface area (Å²) in [6, 6.07) is 8.57. The highest BCUT2D eigenvalue weighted by molar-refractivity contribution is 8.13. The molecule has 1 saturated heterocycles. The van der Waals surface area contributed by atoms with Crippen molar-refractivity contribution >= 4 is 16.9 Å². The summed E-state index contributed by atoms with van der Waals surface area (Å²) in [5, 5.41) is 4.51. The van der Waals surface area contributed by atoms with E-state index in [4.69, 9.17) is 4.74 Å². The van der Waals surface area contributed by atoms with Crippen molar-refractivity contribution < 1.29 is 4.74 Å². The van der Waals surface area contributed by atoms with Crippen molar-refractivity contribution in [2.24, 2.45) is 10.9 Å². The van der Waals surface area contributed by atoms with E-state index in [1.807, 2.05) is 30.0 Å². The summed E-state index contributed by atoms with van der Waals surface area (Å²) in [4.78, 5) is 4.63. The molecule has 1 heterocycles. The molecule has 0 aliphatic carbocycles. The molecule has 0 amide bonds. The van der Waals surface area contributed by atoms with Gasteiger partial charge in [-0.2, -0.15) is 0 Å². The maximum atomic E-state index is 5.21. The molecule has 1 aliphatic heterocycles. The molecule has 1 aliphatic rings. The van der Waals surface area contributed by atoms with Crippen LogP contribution >= 0.6 is 11.8 Å². The molecule has 0 radical (unpaired) electrons. The number of nitrogens with zero attached hydrogens (tertiary/aromatic N) is 1. The predicted octanol–water partition coefficient (Wildman–Crippen LogP) is 2.91. The lowest BCUT2D eigenvalue weighted by Gasteiger charge is -2.28. The Morgan fingerprint density at radius 3 is 3.00 bits per heavy atom. The van der Waals surface area contributed by atoms with E-state index >= 15 is 0 Å². The number of nitrogens with one attached hydrogen (secondary N) is 1. The molecule has 4 heteroatoms. The molecule has 0 aromatic heterocycles. The van der Waals surface area contributed by atoms with E-state index in [9.17, 15) is 0 Å². The Hall–Kier alpha value is -1.16. The van der Waals surface area contributed by atoms with Crippen LogP contribution in [-0.4, -0.2) is 24.1 Å². The summed E-state index contributed by atoms with van der Waals surface area (Å²) in [6.07, 6.45) is 0. The average Bonchev–Trinajstić information content (AvgIpc) is 2.40. The maximum absolute atomic E-state index is 5.21. The molecule has 2 rings (SSSR count). The molecule has 18 heavy (non-hydrogen) atoms. The Labute approximate surface area is 113 Å². The van der Waals surface area contributed by atoms with Gasteiger partial charge < -0.3 is 10.1 Å². The lowest BCUT2D eigenvalue weighted by atomic mass is 10.1. The van der Waals surface area contributed by atoms with Crippen molar-refractivity contribution in [2.45, 2.75) is 26.4 Å². The number of rotatable bonds is 3. The number of thioether (sulfide) groups is 1. The van der Waals surface area contributed by atoms with Gasteiger partial charge in [-0.15, -0.1) is 0 Å². The third-order valence-electron chi connectivity index (χ3n) is 3.23. The van der Waals surface area contributed by atoms with Gasteiger partial charge >= 0.3 is 0 Å². The van der Waals surface area contributed by atoms with E-state index < -0.39 is 0 Å². The van der Waals surface area contributed by atoms with Gasteiger partial charge in [-0.25, -0.2) is 0 Å². The van der Waals surface area contributed by atoms with Gasteiger partial charge in [0.1, 0.15) is 5.75 Å². The Bertz CT molecular complexity index is 434. The largest absolute Gasteiger partial charge is 0.497 e. The van der Waals surface area contributed by atoms with E-state index in [0.29, 0.717) is 18.5 Å². The maximum Gasteiger partial charge on any atom is 0.157 e. The Kier molecular flexibility index (Phi) is 4.53. The van der Waals surface area contributed by atoms with Gasteiger partial charge in [-0.1, -0.05) is 30.8 Å². The van der Waals surface area contributed by atoms with E-state index in [1.54, 1.807) is 7.11 Å². The monoisotopic (exact) mass is 264 g/mol. The summed E-state index contributed by atoms with van der Waals surface area (Å²) in [5.74, 6) is 2.73. The molecule has 0 spiro atoms. The molecule has 1 aromatic carbocycles. The normalized spacial score (nSPS) is 25.8. The highest BCUT2D eigenvalue weighted by atomic mass is 32.2. The second-order valence-electron chi connectivity index (χ2n) is 4.69. The van der Waals surface area contributed by atoms with Gasteiger partial charge in [0.25, 0.3) is 0 Å². The zero-order chi connectivity index (χ0) is 13.0.